The van der Waals surface area contributed by atoms with Gasteiger partial charge in [-0.2, -0.15) is 0 Å². The lowest BCUT2D eigenvalue weighted by Crippen LogP contribution is -2.00. The van der Waals surface area contributed by atoms with Crippen LogP contribution in [0.25, 0.3) is 0 Å². The van der Waals surface area contributed by atoms with Gasteiger partial charge < -0.3 is 15.7 Å². The van der Waals surface area contributed by atoms with Gasteiger partial charge in [-0.3, -0.25) is 9.59 Å². The smallest absolute Gasteiger partial charge is 0.303 e. The zero-order valence-corrected chi connectivity index (χ0v) is 4.63. The maximum atomic E-state index is 9.64. The minimum atomic E-state index is -1.08. The van der Waals surface area contributed by atoms with E-state index in [0.29, 0.717) is 0 Å². The monoisotopic (exact) mass is 136 g/mol. The summed E-state index contributed by atoms with van der Waals surface area (Å²) in [6.45, 7) is 0. The fourth-order valence-corrected chi connectivity index (χ4v) is 0.214. The quantitative estimate of drug-likeness (QED) is 0.524. The second-order valence-electron chi connectivity index (χ2n) is 1.29. The van der Waals surface area contributed by atoms with Gasteiger partial charge >= 0.3 is 11.9 Å². The molecule has 4 N–H and O–H groups in total. The summed E-state index contributed by atoms with van der Waals surface area (Å²) in [6, 6.07) is 0. The third kappa shape index (κ3) is 10.9. The van der Waals surface area contributed by atoms with E-state index in [9.17, 15) is 9.59 Å². The molecular formula is C4H8O5. The normalized spacial score (nSPS) is 7.56. The molecule has 0 aliphatic carbocycles. The van der Waals surface area contributed by atoms with Gasteiger partial charge in [0.05, 0.1) is 12.8 Å². The number of carbonyl (C=O) groups is 2. The summed E-state index contributed by atoms with van der Waals surface area (Å²) >= 11 is 0. The molecule has 0 aromatic rings. The summed E-state index contributed by atoms with van der Waals surface area (Å²) in [5.74, 6) is -2.15. The van der Waals surface area contributed by atoms with Gasteiger partial charge in [0.15, 0.2) is 0 Å². The summed E-state index contributed by atoms with van der Waals surface area (Å²) in [4.78, 5) is 19.3. The molecule has 0 fully saturated rings. The van der Waals surface area contributed by atoms with Crippen molar-refractivity contribution in [1.29, 1.82) is 0 Å². The highest BCUT2D eigenvalue weighted by atomic mass is 16.4. The Kier molecular flexibility index (Phi) is 6.06. The summed E-state index contributed by atoms with van der Waals surface area (Å²) in [5, 5.41) is 15.8. The Bertz CT molecular complexity index is 93.5. The predicted octanol–water partition coefficient (Wildman–Crippen LogP) is -0.889. The highest BCUT2D eigenvalue weighted by Crippen LogP contribution is 1.85. The Morgan fingerprint density at radius 1 is 1.00 bits per heavy atom. The standard InChI is InChI=1S/C4H6O4.H2O/c5-3(6)1-2-4(7)8;/h1-2H2,(H,5,6)(H,7,8);1H2. The van der Waals surface area contributed by atoms with Crippen LogP contribution in [0.4, 0.5) is 0 Å². The van der Waals surface area contributed by atoms with Gasteiger partial charge in [-0.05, 0) is 0 Å². The molecule has 0 radical (unpaired) electrons. The van der Waals surface area contributed by atoms with Gasteiger partial charge in [0, 0.05) is 0 Å². The van der Waals surface area contributed by atoms with Crippen molar-refractivity contribution >= 4 is 11.9 Å². The Balaban J connectivity index is 0. The van der Waals surface area contributed by atoms with E-state index >= 15 is 0 Å². The zero-order chi connectivity index (χ0) is 6.57. The molecule has 0 unspecified atom stereocenters. The number of hydrogen-bond donors (Lipinski definition) is 2. The van der Waals surface area contributed by atoms with Gasteiger partial charge in [0.2, 0.25) is 0 Å². The van der Waals surface area contributed by atoms with Crippen molar-refractivity contribution in [2.45, 2.75) is 12.8 Å². The van der Waals surface area contributed by atoms with Crippen LogP contribution in [-0.4, -0.2) is 27.6 Å². The van der Waals surface area contributed by atoms with Gasteiger partial charge in [-0.15, -0.1) is 0 Å². The van der Waals surface area contributed by atoms with E-state index < -0.39 is 11.9 Å². The van der Waals surface area contributed by atoms with E-state index in [4.69, 9.17) is 10.2 Å². The SMILES string of the molecule is O.O=C(O)CCC(=O)O. The van der Waals surface area contributed by atoms with Crippen molar-refractivity contribution in [3.63, 3.8) is 0 Å². The highest BCUT2D eigenvalue weighted by molar-refractivity contribution is 5.75. The molecule has 54 valence electrons. The first-order valence-corrected chi connectivity index (χ1v) is 2.06. The van der Waals surface area contributed by atoms with Gasteiger partial charge in [0.1, 0.15) is 0 Å². The second-order valence-corrected chi connectivity index (χ2v) is 1.29. The van der Waals surface area contributed by atoms with Crippen molar-refractivity contribution in [1.82, 2.24) is 0 Å². The van der Waals surface area contributed by atoms with Gasteiger partial charge in [0.25, 0.3) is 0 Å². The van der Waals surface area contributed by atoms with E-state index in [1.54, 1.807) is 0 Å². The van der Waals surface area contributed by atoms with Crippen LogP contribution in [-0.2, 0) is 9.59 Å². The van der Waals surface area contributed by atoms with Crippen LogP contribution in [0, 0.1) is 0 Å². The lowest BCUT2D eigenvalue weighted by Gasteiger charge is -1.85. The van der Waals surface area contributed by atoms with Crippen LogP contribution >= 0.6 is 0 Å². The third-order valence-corrected chi connectivity index (χ3v) is 0.553. The highest BCUT2D eigenvalue weighted by Gasteiger charge is 2.00. The fourth-order valence-electron chi connectivity index (χ4n) is 0.214. The van der Waals surface area contributed by atoms with Crippen molar-refractivity contribution in [3.05, 3.63) is 0 Å². The molecule has 0 amide bonds. The van der Waals surface area contributed by atoms with Crippen LogP contribution in [0.3, 0.4) is 0 Å². The van der Waals surface area contributed by atoms with Crippen LogP contribution in [0.15, 0.2) is 0 Å². The van der Waals surface area contributed by atoms with E-state index in [-0.39, 0.29) is 18.3 Å². The average molecular weight is 136 g/mol. The molecule has 5 nitrogen and oxygen atoms in total. The van der Waals surface area contributed by atoms with Gasteiger partial charge in [-0.25, -0.2) is 0 Å². The zero-order valence-electron chi connectivity index (χ0n) is 4.63. The molecule has 0 saturated carbocycles. The molecule has 0 aromatic carbocycles. The molecule has 9 heavy (non-hydrogen) atoms. The lowest BCUT2D eigenvalue weighted by molar-refractivity contribution is -0.143. The van der Waals surface area contributed by atoms with E-state index in [1.807, 2.05) is 0 Å². The molecule has 0 spiro atoms. The minimum absolute atomic E-state index is 0. The first-order valence-electron chi connectivity index (χ1n) is 2.06. The maximum Gasteiger partial charge on any atom is 0.303 e. The number of carboxylic acid groups (broad SMARTS) is 2. The van der Waals surface area contributed by atoms with E-state index in [1.165, 1.54) is 0 Å². The van der Waals surface area contributed by atoms with Crippen molar-refractivity contribution in [3.8, 4) is 0 Å². The number of aliphatic carboxylic acids is 2. The molecule has 0 bridgehead atoms. The largest absolute Gasteiger partial charge is 0.481 e. The Morgan fingerprint density at radius 2 is 1.22 bits per heavy atom. The summed E-state index contributed by atoms with van der Waals surface area (Å²) in [7, 11) is 0. The van der Waals surface area contributed by atoms with Crippen LogP contribution in [0.5, 0.6) is 0 Å². The van der Waals surface area contributed by atoms with Crippen molar-refractivity contribution in [2.24, 2.45) is 0 Å². The number of rotatable bonds is 3. The van der Waals surface area contributed by atoms with Crippen LogP contribution in [0.1, 0.15) is 12.8 Å². The minimum Gasteiger partial charge on any atom is -0.481 e. The number of hydrogen-bond acceptors (Lipinski definition) is 2. The Morgan fingerprint density at radius 3 is 1.33 bits per heavy atom. The first kappa shape index (κ1) is 10.8. The van der Waals surface area contributed by atoms with Crippen LogP contribution < -0.4 is 0 Å². The first-order chi connectivity index (χ1) is 3.63. The molecule has 0 aliphatic rings. The molecule has 0 aromatic heterocycles. The third-order valence-electron chi connectivity index (χ3n) is 0.553. The lowest BCUT2D eigenvalue weighted by atomic mass is 10.3. The molecule has 0 saturated heterocycles. The average Bonchev–Trinajstić information content (AvgIpc) is 1.61. The maximum absolute atomic E-state index is 9.64. The Hall–Kier alpha value is -1.10. The van der Waals surface area contributed by atoms with Crippen molar-refractivity contribution in [2.75, 3.05) is 0 Å². The molecular weight excluding hydrogens is 128 g/mol. The molecule has 0 aliphatic heterocycles. The summed E-state index contributed by atoms with van der Waals surface area (Å²) in [5.41, 5.74) is 0. The molecule has 5 heteroatoms. The topological polar surface area (TPSA) is 106 Å². The summed E-state index contributed by atoms with van der Waals surface area (Å²) < 4.78 is 0. The molecule has 0 rings (SSSR count). The second kappa shape index (κ2) is 5.04. The van der Waals surface area contributed by atoms with Crippen molar-refractivity contribution < 1.29 is 25.3 Å². The Labute approximate surface area is 51.2 Å². The summed E-state index contributed by atoms with van der Waals surface area (Å²) in [6.07, 6.45) is -0.593. The van der Waals surface area contributed by atoms with E-state index in [0.717, 1.165) is 0 Å². The molecule has 0 atom stereocenters. The predicted molar refractivity (Wildman–Crippen MR) is 28.1 cm³/mol. The van der Waals surface area contributed by atoms with Crippen LogP contribution in [0.2, 0.25) is 0 Å². The fraction of sp³-hybridized carbons (Fsp3) is 0.500. The number of carboxylic acids is 2. The molecule has 0 heterocycles. The van der Waals surface area contributed by atoms with E-state index in [2.05, 4.69) is 0 Å². The van der Waals surface area contributed by atoms with Gasteiger partial charge in [-0.1, -0.05) is 0 Å².